The number of carbonyl (C=O) groups is 2. The van der Waals surface area contributed by atoms with E-state index in [2.05, 4.69) is 22.8 Å². The van der Waals surface area contributed by atoms with Crippen LogP contribution in [0.5, 0.6) is 0 Å². The van der Waals surface area contributed by atoms with Crippen molar-refractivity contribution in [1.82, 2.24) is 10.6 Å². The molecule has 0 unspecified atom stereocenters. The third kappa shape index (κ3) is 4.09. The number of hydrogen-bond donors (Lipinski definition) is 2. The largest absolute Gasteiger partial charge is 0.348 e. The van der Waals surface area contributed by atoms with Gasteiger partial charge >= 0.3 is 11.8 Å². The molecule has 0 saturated heterocycles. The second-order valence-corrected chi connectivity index (χ2v) is 6.64. The smallest absolute Gasteiger partial charge is 0.309 e. The van der Waals surface area contributed by atoms with Crippen molar-refractivity contribution in [2.45, 2.75) is 44.9 Å². The Kier molecular flexibility index (Phi) is 5.58. The van der Waals surface area contributed by atoms with Crippen molar-refractivity contribution in [2.24, 2.45) is 5.92 Å². The number of carbonyl (C=O) groups excluding carboxylic acids is 2. The van der Waals surface area contributed by atoms with Gasteiger partial charge < -0.3 is 10.6 Å². The molecule has 4 nitrogen and oxygen atoms in total. The van der Waals surface area contributed by atoms with Crippen LogP contribution in [-0.4, -0.2) is 24.9 Å². The van der Waals surface area contributed by atoms with Gasteiger partial charge in [0.1, 0.15) is 0 Å². The van der Waals surface area contributed by atoms with Crippen LogP contribution in [-0.2, 0) is 15.0 Å². The van der Waals surface area contributed by atoms with Gasteiger partial charge in [-0.3, -0.25) is 9.59 Å². The summed E-state index contributed by atoms with van der Waals surface area (Å²) in [5.74, 6) is -0.722. The molecule has 2 amide bonds. The summed E-state index contributed by atoms with van der Waals surface area (Å²) in [5.41, 5.74) is 1.24. The first-order valence-corrected chi connectivity index (χ1v) is 8.15. The highest BCUT2D eigenvalue weighted by Gasteiger charge is 2.36. The standard InChI is InChI=1S/C18H26N2O2/c1-14(2)12-19-16(21)17(22)20-13-18(10-6-7-11-18)15-8-4-3-5-9-15/h3-5,8-9,14H,6-7,10-13H2,1-2H3,(H,19,21)(H,20,22). The Morgan fingerprint density at radius 1 is 1.05 bits per heavy atom. The van der Waals surface area contributed by atoms with E-state index < -0.39 is 11.8 Å². The highest BCUT2D eigenvalue weighted by atomic mass is 16.2. The molecule has 0 aliphatic heterocycles. The molecule has 1 aliphatic rings. The van der Waals surface area contributed by atoms with Gasteiger partial charge in [-0.05, 0) is 24.3 Å². The van der Waals surface area contributed by atoms with Gasteiger partial charge in [0.2, 0.25) is 0 Å². The summed E-state index contributed by atoms with van der Waals surface area (Å²) in [6, 6.07) is 10.3. The molecule has 22 heavy (non-hydrogen) atoms. The predicted octanol–water partition coefficient (Wildman–Crippen LogP) is 2.39. The quantitative estimate of drug-likeness (QED) is 0.821. The Morgan fingerprint density at radius 3 is 2.23 bits per heavy atom. The zero-order valence-electron chi connectivity index (χ0n) is 13.5. The summed E-state index contributed by atoms with van der Waals surface area (Å²) in [4.78, 5) is 23.7. The highest BCUT2D eigenvalue weighted by molar-refractivity contribution is 6.35. The molecular weight excluding hydrogens is 276 g/mol. The molecule has 2 rings (SSSR count). The van der Waals surface area contributed by atoms with Crippen molar-refractivity contribution >= 4 is 11.8 Å². The first kappa shape index (κ1) is 16.5. The molecule has 0 bridgehead atoms. The summed E-state index contributed by atoms with van der Waals surface area (Å²) in [5, 5.41) is 5.50. The number of benzene rings is 1. The van der Waals surface area contributed by atoms with E-state index in [1.54, 1.807) is 0 Å². The van der Waals surface area contributed by atoms with Crippen LogP contribution in [0.1, 0.15) is 45.1 Å². The average molecular weight is 302 g/mol. The maximum atomic E-state index is 12.0. The van der Waals surface area contributed by atoms with Crippen LogP contribution in [0, 0.1) is 5.92 Å². The van der Waals surface area contributed by atoms with Gasteiger partial charge in [0, 0.05) is 18.5 Å². The van der Waals surface area contributed by atoms with Gasteiger partial charge in [0.25, 0.3) is 0 Å². The summed E-state index contributed by atoms with van der Waals surface area (Å²) in [6.07, 6.45) is 4.46. The molecule has 0 atom stereocenters. The van der Waals surface area contributed by atoms with E-state index >= 15 is 0 Å². The first-order valence-electron chi connectivity index (χ1n) is 8.15. The Morgan fingerprint density at radius 2 is 1.64 bits per heavy atom. The second kappa shape index (κ2) is 7.43. The number of nitrogens with one attached hydrogen (secondary N) is 2. The molecule has 0 aromatic heterocycles. The van der Waals surface area contributed by atoms with Crippen molar-refractivity contribution in [3.63, 3.8) is 0 Å². The van der Waals surface area contributed by atoms with E-state index in [1.807, 2.05) is 32.0 Å². The lowest BCUT2D eigenvalue weighted by atomic mass is 9.79. The van der Waals surface area contributed by atoms with Crippen molar-refractivity contribution in [2.75, 3.05) is 13.1 Å². The Bertz CT molecular complexity index is 505. The van der Waals surface area contributed by atoms with E-state index in [9.17, 15) is 9.59 Å². The normalized spacial score (nSPS) is 16.5. The summed E-state index contributed by atoms with van der Waals surface area (Å²) >= 11 is 0. The lowest BCUT2D eigenvalue weighted by Crippen LogP contribution is -2.46. The molecule has 0 heterocycles. The maximum Gasteiger partial charge on any atom is 0.309 e. The average Bonchev–Trinajstić information content (AvgIpc) is 3.01. The van der Waals surface area contributed by atoms with Crippen LogP contribution in [0.4, 0.5) is 0 Å². The molecular formula is C18H26N2O2. The van der Waals surface area contributed by atoms with E-state index in [0.717, 1.165) is 12.8 Å². The lowest BCUT2D eigenvalue weighted by molar-refractivity contribution is -0.139. The van der Waals surface area contributed by atoms with Crippen molar-refractivity contribution in [3.05, 3.63) is 35.9 Å². The minimum absolute atomic E-state index is 0.0186. The molecule has 4 heteroatoms. The Hall–Kier alpha value is -1.84. The number of amides is 2. The zero-order valence-corrected chi connectivity index (χ0v) is 13.5. The van der Waals surface area contributed by atoms with Crippen LogP contribution < -0.4 is 10.6 Å². The molecule has 1 aromatic rings. The number of hydrogen-bond acceptors (Lipinski definition) is 2. The van der Waals surface area contributed by atoms with Gasteiger partial charge in [0.15, 0.2) is 0 Å². The summed E-state index contributed by atoms with van der Waals surface area (Å²) in [7, 11) is 0. The fourth-order valence-electron chi connectivity index (χ4n) is 3.12. The highest BCUT2D eigenvalue weighted by Crippen LogP contribution is 2.40. The van der Waals surface area contributed by atoms with Crippen molar-refractivity contribution < 1.29 is 9.59 Å². The molecule has 2 N–H and O–H groups in total. The zero-order chi connectivity index (χ0) is 16.0. The minimum atomic E-state index is -0.532. The second-order valence-electron chi connectivity index (χ2n) is 6.64. The van der Waals surface area contributed by atoms with Crippen molar-refractivity contribution in [3.8, 4) is 0 Å². The Labute approximate surface area is 132 Å². The molecule has 1 fully saturated rings. The fraction of sp³-hybridized carbons (Fsp3) is 0.556. The van der Waals surface area contributed by atoms with E-state index in [-0.39, 0.29) is 5.41 Å². The van der Waals surface area contributed by atoms with Gasteiger partial charge in [0.05, 0.1) is 0 Å². The van der Waals surface area contributed by atoms with Gasteiger partial charge in [-0.2, -0.15) is 0 Å². The molecule has 1 aromatic carbocycles. The van der Waals surface area contributed by atoms with Crippen LogP contribution in [0.25, 0.3) is 0 Å². The molecule has 0 spiro atoms. The molecule has 1 saturated carbocycles. The summed E-state index contributed by atoms with van der Waals surface area (Å²) < 4.78 is 0. The summed E-state index contributed by atoms with van der Waals surface area (Å²) in [6.45, 7) is 5.06. The third-order valence-corrected chi connectivity index (χ3v) is 4.41. The first-order chi connectivity index (χ1) is 10.5. The lowest BCUT2D eigenvalue weighted by Gasteiger charge is -2.29. The van der Waals surface area contributed by atoms with Crippen molar-refractivity contribution in [1.29, 1.82) is 0 Å². The molecule has 1 aliphatic carbocycles. The monoisotopic (exact) mass is 302 g/mol. The fourth-order valence-corrected chi connectivity index (χ4v) is 3.12. The van der Waals surface area contributed by atoms with Crippen LogP contribution >= 0.6 is 0 Å². The van der Waals surface area contributed by atoms with E-state index in [1.165, 1.54) is 18.4 Å². The van der Waals surface area contributed by atoms with Crippen LogP contribution in [0.15, 0.2) is 30.3 Å². The topological polar surface area (TPSA) is 58.2 Å². The van der Waals surface area contributed by atoms with E-state index in [4.69, 9.17) is 0 Å². The number of rotatable bonds is 5. The molecule has 120 valence electrons. The van der Waals surface area contributed by atoms with Crippen LogP contribution in [0.3, 0.4) is 0 Å². The van der Waals surface area contributed by atoms with E-state index in [0.29, 0.717) is 19.0 Å². The maximum absolute atomic E-state index is 12.0. The van der Waals surface area contributed by atoms with Gasteiger partial charge in [-0.1, -0.05) is 57.0 Å². The predicted molar refractivity (Wildman–Crippen MR) is 87.4 cm³/mol. The van der Waals surface area contributed by atoms with Crippen LogP contribution in [0.2, 0.25) is 0 Å². The van der Waals surface area contributed by atoms with Gasteiger partial charge in [-0.15, -0.1) is 0 Å². The molecule has 0 radical (unpaired) electrons. The Balaban J connectivity index is 1.95. The minimum Gasteiger partial charge on any atom is -0.348 e. The van der Waals surface area contributed by atoms with Gasteiger partial charge in [-0.25, -0.2) is 0 Å². The SMILES string of the molecule is CC(C)CNC(=O)C(=O)NCC1(c2ccccc2)CCCC1. The third-order valence-electron chi connectivity index (χ3n) is 4.41.